The van der Waals surface area contributed by atoms with Crippen LogP contribution in [0.15, 0.2) is 59.8 Å². The minimum atomic E-state index is -0.130. The van der Waals surface area contributed by atoms with Crippen molar-refractivity contribution in [1.29, 1.82) is 0 Å². The minimum Gasteiger partial charge on any atom is -0.325 e. The van der Waals surface area contributed by atoms with Crippen LogP contribution in [-0.4, -0.2) is 31.9 Å². The van der Waals surface area contributed by atoms with Gasteiger partial charge in [-0.2, -0.15) is 4.68 Å². The third kappa shape index (κ3) is 3.88. The van der Waals surface area contributed by atoms with E-state index in [1.807, 2.05) is 48.5 Å². The summed E-state index contributed by atoms with van der Waals surface area (Å²) in [4.78, 5) is 12.0. The second kappa shape index (κ2) is 7.26. The van der Waals surface area contributed by atoms with E-state index in [0.717, 1.165) is 5.69 Å². The van der Waals surface area contributed by atoms with Gasteiger partial charge in [-0.1, -0.05) is 53.7 Å². The fourth-order valence-corrected chi connectivity index (χ4v) is 2.79. The third-order valence-corrected chi connectivity index (χ3v) is 4.15. The highest BCUT2D eigenvalue weighted by atomic mass is 35.5. The van der Waals surface area contributed by atoms with Crippen molar-refractivity contribution in [2.75, 3.05) is 11.1 Å². The molecule has 1 aromatic heterocycles. The van der Waals surface area contributed by atoms with Crippen LogP contribution in [0.1, 0.15) is 0 Å². The van der Waals surface area contributed by atoms with Crippen molar-refractivity contribution < 1.29 is 4.79 Å². The summed E-state index contributed by atoms with van der Waals surface area (Å²) in [5.41, 5.74) is 1.42. The molecule has 23 heavy (non-hydrogen) atoms. The van der Waals surface area contributed by atoms with E-state index in [1.54, 1.807) is 6.07 Å². The molecule has 0 aliphatic rings. The number of carbonyl (C=O) groups is 1. The molecular formula is C15H12ClN5OS. The van der Waals surface area contributed by atoms with Gasteiger partial charge in [0.15, 0.2) is 0 Å². The Kier molecular flexibility index (Phi) is 4.89. The monoisotopic (exact) mass is 345 g/mol. The van der Waals surface area contributed by atoms with Crippen molar-refractivity contribution in [1.82, 2.24) is 20.2 Å². The van der Waals surface area contributed by atoms with Gasteiger partial charge in [0, 0.05) is 5.69 Å². The lowest BCUT2D eigenvalue weighted by Gasteiger charge is -2.06. The number of rotatable bonds is 5. The first kappa shape index (κ1) is 15.5. The molecule has 3 aromatic rings. The highest BCUT2D eigenvalue weighted by molar-refractivity contribution is 7.99. The van der Waals surface area contributed by atoms with E-state index in [2.05, 4.69) is 20.8 Å². The first-order chi connectivity index (χ1) is 11.2. The predicted octanol–water partition coefficient (Wildman–Crippen LogP) is 3.05. The summed E-state index contributed by atoms with van der Waals surface area (Å²) < 4.78 is 1.52. The minimum absolute atomic E-state index is 0.130. The summed E-state index contributed by atoms with van der Waals surface area (Å²) in [5, 5.41) is 15.4. The lowest BCUT2D eigenvalue weighted by Crippen LogP contribution is -2.14. The Labute approximate surface area is 141 Å². The van der Waals surface area contributed by atoms with E-state index in [4.69, 9.17) is 11.6 Å². The zero-order chi connectivity index (χ0) is 16.1. The van der Waals surface area contributed by atoms with Gasteiger partial charge in [-0.15, -0.1) is 5.10 Å². The van der Waals surface area contributed by atoms with Gasteiger partial charge < -0.3 is 5.32 Å². The molecule has 3 rings (SSSR count). The molecule has 0 spiro atoms. The van der Waals surface area contributed by atoms with Crippen LogP contribution < -0.4 is 5.32 Å². The van der Waals surface area contributed by atoms with Gasteiger partial charge in [0.1, 0.15) is 0 Å². The molecule has 1 heterocycles. The number of hydrogen-bond donors (Lipinski definition) is 1. The highest BCUT2D eigenvalue weighted by Crippen LogP contribution is 2.23. The first-order valence-electron chi connectivity index (χ1n) is 6.75. The fraction of sp³-hybridized carbons (Fsp3) is 0.0667. The molecule has 6 nitrogen and oxygen atoms in total. The van der Waals surface area contributed by atoms with E-state index < -0.39 is 0 Å². The number of nitrogens with one attached hydrogen (secondary N) is 1. The van der Waals surface area contributed by atoms with E-state index in [-0.39, 0.29) is 11.7 Å². The molecule has 0 aliphatic carbocycles. The summed E-state index contributed by atoms with van der Waals surface area (Å²) in [6.07, 6.45) is 0. The van der Waals surface area contributed by atoms with Gasteiger partial charge in [0.05, 0.1) is 16.5 Å². The molecule has 8 heteroatoms. The van der Waals surface area contributed by atoms with Gasteiger partial charge in [-0.3, -0.25) is 4.79 Å². The van der Waals surface area contributed by atoms with E-state index in [1.165, 1.54) is 16.4 Å². The van der Waals surface area contributed by atoms with E-state index in [9.17, 15) is 4.79 Å². The Bertz CT molecular complexity index is 808. The van der Waals surface area contributed by atoms with Crippen molar-refractivity contribution in [2.45, 2.75) is 5.16 Å². The molecule has 0 bridgehead atoms. The molecule has 0 aliphatic heterocycles. The summed E-state index contributed by atoms with van der Waals surface area (Å²) in [7, 11) is 0. The lowest BCUT2D eigenvalue weighted by molar-refractivity contribution is -0.113. The Balaban J connectivity index is 1.67. The smallest absolute Gasteiger partial charge is 0.234 e. The number of para-hydroxylation sites is 2. The van der Waals surface area contributed by atoms with Gasteiger partial charge in [0.25, 0.3) is 0 Å². The standard InChI is InChI=1S/C15H12ClN5OS/c16-12-8-4-5-9-13(12)21-15(18-19-20-21)23-10-14(22)17-11-6-2-1-3-7-11/h1-9H,10H2,(H,17,22). The van der Waals surface area contributed by atoms with Crippen LogP contribution in [-0.2, 0) is 4.79 Å². The Morgan fingerprint density at radius 2 is 1.87 bits per heavy atom. The van der Waals surface area contributed by atoms with Gasteiger partial charge in [-0.25, -0.2) is 0 Å². The number of aromatic nitrogens is 4. The maximum atomic E-state index is 12.0. The number of benzene rings is 2. The maximum Gasteiger partial charge on any atom is 0.234 e. The number of hydrogen-bond acceptors (Lipinski definition) is 5. The van der Waals surface area contributed by atoms with Crippen LogP contribution in [0.3, 0.4) is 0 Å². The first-order valence-corrected chi connectivity index (χ1v) is 8.11. The predicted molar refractivity (Wildman–Crippen MR) is 90.0 cm³/mol. The second-order valence-corrected chi connectivity index (χ2v) is 5.88. The van der Waals surface area contributed by atoms with Gasteiger partial charge in [0.2, 0.25) is 11.1 Å². The van der Waals surface area contributed by atoms with Crippen LogP contribution in [0, 0.1) is 0 Å². The van der Waals surface area contributed by atoms with Crippen molar-refractivity contribution in [3.63, 3.8) is 0 Å². The van der Waals surface area contributed by atoms with Crippen LogP contribution in [0.5, 0.6) is 0 Å². The summed E-state index contributed by atoms with van der Waals surface area (Å²) in [6.45, 7) is 0. The number of nitrogens with zero attached hydrogens (tertiary/aromatic N) is 4. The second-order valence-electron chi connectivity index (χ2n) is 4.53. The quantitative estimate of drug-likeness (QED) is 0.719. The average Bonchev–Trinajstić information content (AvgIpc) is 3.03. The fourth-order valence-electron chi connectivity index (χ4n) is 1.89. The van der Waals surface area contributed by atoms with E-state index >= 15 is 0 Å². The summed E-state index contributed by atoms with van der Waals surface area (Å²) >= 11 is 7.39. The van der Waals surface area contributed by atoms with Crippen LogP contribution in [0.2, 0.25) is 5.02 Å². The number of amides is 1. The highest BCUT2D eigenvalue weighted by Gasteiger charge is 2.13. The Hall–Kier alpha value is -2.38. The molecular weight excluding hydrogens is 334 g/mol. The average molecular weight is 346 g/mol. The van der Waals surface area contributed by atoms with Crippen molar-refractivity contribution in [3.05, 3.63) is 59.6 Å². The van der Waals surface area contributed by atoms with Gasteiger partial charge in [-0.05, 0) is 34.7 Å². The molecule has 0 atom stereocenters. The Morgan fingerprint density at radius 1 is 1.13 bits per heavy atom. The van der Waals surface area contributed by atoms with Crippen LogP contribution >= 0.6 is 23.4 Å². The molecule has 1 amide bonds. The zero-order valence-corrected chi connectivity index (χ0v) is 13.5. The largest absolute Gasteiger partial charge is 0.325 e. The molecule has 0 saturated carbocycles. The molecule has 116 valence electrons. The van der Waals surface area contributed by atoms with Gasteiger partial charge >= 0.3 is 0 Å². The molecule has 1 N–H and O–H groups in total. The van der Waals surface area contributed by atoms with Crippen LogP contribution in [0.4, 0.5) is 5.69 Å². The number of thioether (sulfide) groups is 1. The van der Waals surface area contributed by atoms with Crippen molar-refractivity contribution in [2.24, 2.45) is 0 Å². The summed E-state index contributed by atoms with van der Waals surface area (Å²) in [5.74, 6) is 0.0645. The normalized spacial score (nSPS) is 10.5. The molecule has 0 saturated heterocycles. The zero-order valence-electron chi connectivity index (χ0n) is 11.9. The molecule has 0 fully saturated rings. The maximum absolute atomic E-state index is 12.0. The number of halogens is 1. The van der Waals surface area contributed by atoms with Crippen molar-refractivity contribution in [3.8, 4) is 5.69 Å². The van der Waals surface area contributed by atoms with E-state index in [0.29, 0.717) is 15.9 Å². The topological polar surface area (TPSA) is 72.7 Å². The SMILES string of the molecule is O=C(CSc1nnnn1-c1ccccc1Cl)Nc1ccccc1. The third-order valence-electron chi connectivity index (χ3n) is 2.91. The lowest BCUT2D eigenvalue weighted by atomic mass is 10.3. The number of carbonyl (C=O) groups excluding carboxylic acids is 1. The van der Waals surface area contributed by atoms with Crippen molar-refractivity contribution >= 4 is 35.0 Å². The molecule has 2 aromatic carbocycles. The number of tetrazole rings is 1. The van der Waals surface area contributed by atoms with Crippen LogP contribution in [0.25, 0.3) is 5.69 Å². The molecule has 0 radical (unpaired) electrons. The summed E-state index contributed by atoms with van der Waals surface area (Å²) in [6, 6.07) is 16.5. The molecule has 0 unspecified atom stereocenters. The number of anilines is 1. The Morgan fingerprint density at radius 3 is 2.65 bits per heavy atom.